The van der Waals surface area contributed by atoms with E-state index in [0.29, 0.717) is 18.2 Å². The normalized spacial score (nSPS) is 15.8. The molecule has 2 aromatic rings. The van der Waals surface area contributed by atoms with Crippen LogP contribution in [0.15, 0.2) is 53.7 Å². The van der Waals surface area contributed by atoms with E-state index >= 15 is 0 Å². The molecule has 0 spiro atoms. The molecule has 2 aromatic carbocycles. The molecule has 0 bridgehead atoms. The van der Waals surface area contributed by atoms with Gasteiger partial charge in [0.25, 0.3) is 0 Å². The fourth-order valence-electron chi connectivity index (χ4n) is 2.85. The van der Waals surface area contributed by atoms with Crippen molar-refractivity contribution in [1.82, 2.24) is 10.6 Å². The van der Waals surface area contributed by atoms with Crippen molar-refractivity contribution in [3.05, 3.63) is 65.2 Å². The molecule has 0 amide bonds. The van der Waals surface area contributed by atoms with E-state index in [1.54, 1.807) is 6.07 Å². The molecule has 184 valence electrons. The first-order valence-electron chi connectivity index (χ1n) is 10.7. The molecule has 1 saturated heterocycles. The Bertz CT molecular complexity index is 1050. The zero-order valence-corrected chi connectivity index (χ0v) is 26.3. The summed E-state index contributed by atoms with van der Waals surface area (Å²) in [6.07, 6.45) is 0. The van der Waals surface area contributed by atoms with Gasteiger partial charge in [0.15, 0.2) is 5.71 Å². The van der Waals surface area contributed by atoms with Gasteiger partial charge in [-0.05, 0) is 24.1 Å². The van der Waals surface area contributed by atoms with Crippen LogP contribution in [0.2, 0.25) is 0 Å². The molecule has 0 saturated carbocycles. The summed E-state index contributed by atoms with van der Waals surface area (Å²) in [5, 5.41) is 10.2. The van der Waals surface area contributed by atoms with Gasteiger partial charge in [-0.3, -0.25) is 0 Å². The van der Waals surface area contributed by atoms with Crippen molar-refractivity contribution in [2.75, 3.05) is 20.8 Å². The minimum absolute atomic E-state index is 0.110. The topological polar surface area (TPSA) is 81.2 Å². The second kappa shape index (κ2) is 16.1. The molecule has 2 N–H and O–H groups in total. The first kappa shape index (κ1) is 29.5. The minimum Gasteiger partial charge on any atom is -0.489 e. The molecular formula is C23H27N3O4S4Zn. The van der Waals surface area contributed by atoms with Gasteiger partial charge in [-0.25, -0.2) is 4.79 Å². The van der Waals surface area contributed by atoms with Crippen molar-refractivity contribution in [1.29, 1.82) is 0 Å². The summed E-state index contributed by atoms with van der Waals surface area (Å²) in [4.78, 5) is 16.7. The number of rotatable bonds is 6. The number of benzene rings is 2. The summed E-state index contributed by atoms with van der Waals surface area (Å²) in [5.74, 6) is 0.237. The first-order chi connectivity index (χ1) is 16.8. The average Bonchev–Trinajstić information content (AvgIpc) is 2.92. The number of carbonyl (C=O) groups is 1. The van der Waals surface area contributed by atoms with Crippen LogP contribution in [0.5, 0.6) is 5.75 Å². The van der Waals surface area contributed by atoms with Gasteiger partial charge < -0.3 is 14.3 Å². The average molecular weight is 603 g/mol. The molecule has 1 aliphatic heterocycles. The van der Waals surface area contributed by atoms with Crippen LogP contribution in [0.1, 0.15) is 23.6 Å². The number of ether oxygens (including phenoxy) is 2. The fourth-order valence-corrected chi connectivity index (χ4v) is 15.5. The Morgan fingerprint density at radius 3 is 2.51 bits per heavy atom. The van der Waals surface area contributed by atoms with E-state index < -0.39 is 20.7 Å². The van der Waals surface area contributed by atoms with E-state index in [1.807, 2.05) is 68.9 Å². The van der Waals surface area contributed by atoms with Crippen LogP contribution in [0, 0.1) is 6.92 Å². The Balaban J connectivity index is 0.000000303. The van der Waals surface area contributed by atoms with E-state index in [1.165, 1.54) is 14.2 Å². The number of nitrogens with zero attached hydrogens (tertiary/aromatic N) is 1. The molecule has 0 aliphatic carbocycles. The maximum absolute atomic E-state index is 11.9. The number of aryl methyl sites for hydroxylation is 1. The van der Waals surface area contributed by atoms with E-state index in [2.05, 4.69) is 22.7 Å². The zero-order valence-electron chi connectivity index (χ0n) is 20.0. The van der Waals surface area contributed by atoms with Gasteiger partial charge in [0, 0.05) is 5.56 Å². The van der Waals surface area contributed by atoms with Crippen molar-refractivity contribution < 1.29 is 33.8 Å². The number of para-hydroxylation sites is 1. The van der Waals surface area contributed by atoms with Crippen LogP contribution < -0.4 is 15.4 Å². The predicted octanol–water partition coefficient (Wildman–Crippen LogP) is 4.61. The number of carbonyl (C=O) groups excluding carboxylic acids is 1. The second-order valence-corrected chi connectivity index (χ2v) is 19.0. The van der Waals surface area contributed by atoms with Crippen molar-refractivity contribution in [2.45, 2.75) is 26.5 Å². The number of thiocarbonyl (C=S) groups is 2. The number of hydrogen-bond donors (Lipinski definition) is 2. The van der Waals surface area contributed by atoms with Gasteiger partial charge in [0.2, 0.25) is 0 Å². The molecule has 0 radical (unpaired) electrons. The van der Waals surface area contributed by atoms with Gasteiger partial charge in [-0.2, -0.15) is 0 Å². The van der Waals surface area contributed by atoms with Crippen molar-refractivity contribution in [3.63, 3.8) is 0 Å². The van der Waals surface area contributed by atoms with E-state index in [4.69, 9.17) is 38.7 Å². The summed E-state index contributed by atoms with van der Waals surface area (Å²) >= 11 is 9.59. The minimum atomic E-state index is -0.667. The van der Waals surface area contributed by atoms with Crippen molar-refractivity contribution in [2.24, 2.45) is 5.16 Å². The Morgan fingerprint density at radius 1 is 1.11 bits per heavy atom. The predicted molar refractivity (Wildman–Crippen MR) is 148 cm³/mol. The van der Waals surface area contributed by atoms with Gasteiger partial charge in [-0.1, -0.05) is 47.6 Å². The Hall–Kier alpha value is -1.72. The third kappa shape index (κ3) is 10.4. The quantitative estimate of drug-likeness (QED) is 0.161. The van der Waals surface area contributed by atoms with E-state index in [9.17, 15) is 4.79 Å². The standard InChI is InChI=1S/C18H19NO4.C5H10N2S4.Zn/c1-13-8-4-7-11-16(13)23-12-14-9-5-6-10-15(14)17(19-22-3)18(20)21-2;1-3(7-5(10)11)2-6-4(8)9;/h4-11H,12H2,1-3H3;3H,2H2,1H3,(H2,6,8,9)(H2,7,10,11);/q;;+2/p-2/b19-17+;;. The molecule has 0 aromatic heterocycles. The zero-order chi connectivity index (χ0) is 25.6. The molecule has 1 heterocycles. The summed E-state index contributed by atoms with van der Waals surface area (Å²) in [7, 11) is 6.32. The molecular weight excluding hydrogens is 576 g/mol. The number of methoxy groups -OCH3 is 1. The van der Waals surface area contributed by atoms with Gasteiger partial charge in [0.05, 0.1) is 7.11 Å². The molecule has 7 nitrogen and oxygen atoms in total. The maximum atomic E-state index is 11.9. The van der Waals surface area contributed by atoms with Crippen LogP contribution in [0.3, 0.4) is 0 Å². The summed E-state index contributed by atoms with van der Waals surface area (Å²) in [5.41, 5.74) is 2.59. The molecule has 3 rings (SSSR count). The van der Waals surface area contributed by atoms with Crippen LogP contribution in [0.4, 0.5) is 0 Å². The van der Waals surface area contributed by atoms with Crippen LogP contribution in [-0.2, 0) is 35.7 Å². The van der Waals surface area contributed by atoms with Gasteiger partial charge in [-0.15, -0.1) is 0 Å². The smallest absolute Gasteiger partial charge is 0.360 e. The van der Waals surface area contributed by atoms with E-state index in [-0.39, 0.29) is 5.71 Å². The van der Waals surface area contributed by atoms with Crippen LogP contribution >= 0.6 is 43.9 Å². The molecule has 1 aliphatic rings. The molecule has 12 heteroatoms. The Labute approximate surface area is 230 Å². The van der Waals surface area contributed by atoms with Crippen LogP contribution in [-0.4, -0.2) is 47.1 Å². The summed E-state index contributed by atoms with van der Waals surface area (Å²) in [6.45, 7) is 5.26. The fraction of sp³-hybridized carbons (Fsp3) is 0.304. The Morgan fingerprint density at radius 2 is 1.80 bits per heavy atom. The molecule has 35 heavy (non-hydrogen) atoms. The first-order valence-corrected chi connectivity index (χ1v) is 20.7. The van der Waals surface area contributed by atoms with Gasteiger partial charge in [0.1, 0.15) is 19.5 Å². The SMILES string of the molecule is CC1CNC(=S)[S][Zn][S]C(=S)N1.CO/N=C(/C(=O)OC)c1ccccc1COc1ccccc1C. The molecule has 1 atom stereocenters. The summed E-state index contributed by atoms with van der Waals surface area (Å²) in [6, 6.07) is 15.5. The van der Waals surface area contributed by atoms with Crippen molar-refractivity contribution >= 4 is 64.3 Å². The number of esters is 1. The maximum Gasteiger partial charge on any atom is 0.360 e. The van der Waals surface area contributed by atoms with Gasteiger partial charge >= 0.3 is 103 Å². The molecule has 1 unspecified atom stereocenters. The van der Waals surface area contributed by atoms with Crippen LogP contribution in [0.25, 0.3) is 0 Å². The number of hydrogen-bond acceptors (Lipinski definition) is 9. The Kier molecular flexibility index (Phi) is 13.6. The largest absolute Gasteiger partial charge is 0.489 e. The second-order valence-electron chi connectivity index (χ2n) is 7.23. The van der Waals surface area contributed by atoms with Crippen molar-refractivity contribution in [3.8, 4) is 5.75 Å². The molecule has 1 fully saturated rings. The third-order valence-corrected chi connectivity index (χ3v) is 18.0. The number of oxime groups is 1. The van der Waals surface area contributed by atoms with E-state index in [0.717, 1.165) is 32.1 Å². The third-order valence-electron chi connectivity index (χ3n) is 4.61. The number of nitrogens with one attached hydrogen (secondary N) is 2. The summed E-state index contributed by atoms with van der Waals surface area (Å²) < 4.78 is 12.5. The monoisotopic (exact) mass is 601 g/mol.